The summed E-state index contributed by atoms with van der Waals surface area (Å²) in [4.78, 5) is 46.2. The zero-order valence-electron chi connectivity index (χ0n) is 16.2. The fourth-order valence-electron chi connectivity index (χ4n) is 2.84. The Morgan fingerprint density at radius 1 is 1.14 bits per heavy atom. The molecule has 9 heteroatoms. The van der Waals surface area contributed by atoms with E-state index < -0.39 is 22.5 Å². The van der Waals surface area contributed by atoms with Crippen molar-refractivity contribution in [2.45, 2.75) is 24.1 Å². The van der Waals surface area contributed by atoms with Crippen LogP contribution in [0.5, 0.6) is 0 Å². The molecule has 2 heterocycles. The molecule has 28 heavy (non-hydrogen) atoms. The minimum absolute atomic E-state index is 0.197. The van der Waals surface area contributed by atoms with Crippen LogP contribution in [-0.4, -0.2) is 37.4 Å². The third kappa shape index (κ3) is 3.33. The summed E-state index contributed by atoms with van der Waals surface area (Å²) in [7, 11) is 4.26. The summed E-state index contributed by atoms with van der Waals surface area (Å²) in [5.74, 6) is -0.0516. The lowest BCUT2D eigenvalue weighted by Gasteiger charge is -2.14. The quantitative estimate of drug-likeness (QED) is 0.373. The van der Waals surface area contributed by atoms with Gasteiger partial charge in [-0.3, -0.25) is 18.7 Å². The first kappa shape index (κ1) is 19.8. The molecular formula is C19H20N4O4S. The van der Waals surface area contributed by atoms with E-state index in [0.717, 1.165) is 27.5 Å². The largest absolute Gasteiger partial charge is 0.468 e. The van der Waals surface area contributed by atoms with Crippen molar-refractivity contribution in [2.24, 2.45) is 14.1 Å². The number of fused-ring (bicyclic) bond motifs is 1. The number of rotatable bonds is 4. The van der Waals surface area contributed by atoms with Crippen LogP contribution in [0, 0.1) is 6.92 Å². The third-order valence-electron chi connectivity index (χ3n) is 4.47. The van der Waals surface area contributed by atoms with Gasteiger partial charge in [0.15, 0.2) is 11.5 Å². The zero-order chi connectivity index (χ0) is 20.6. The molecule has 3 rings (SSSR count). The summed E-state index contributed by atoms with van der Waals surface area (Å²) in [5.41, 5.74) is 0.969. The number of hydrogen-bond acceptors (Lipinski definition) is 7. The molecule has 0 aliphatic rings. The average Bonchev–Trinajstić information content (AvgIpc) is 2.69. The van der Waals surface area contributed by atoms with Crippen LogP contribution in [0.1, 0.15) is 12.5 Å². The Balaban J connectivity index is 2.38. The van der Waals surface area contributed by atoms with E-state index in [9.17, 15) is 14.4 Å². The Labute approximate surface area is 165 Å². The number of nitrogens with zero attached hydrogens (tertiary/aromatic N) is 4. The van der Waals surface area contributed by atoms with Gasteiger partial charge < -0.3 is 4.74 Å². The van der Waals surface area contributed by atoms with Crippen LogP contribution in [0.25, 0.3) is 22.4 Å². The van der Waals surface area contributed by atoms with Crippen LogP contribution in [0.4, 0.5) is 0 Å². The molecule has 8 nitrogen and oxygen atoms in total. The van der Waals surface area contributed by atoms with Gasteiger partial charge in [-0.1, -0.05) is 36.0 Å². The molecule has 1 atom stereocenters. The summed E-state index contributed by atoms with van der Waals surface area (Å²) >= 11 is 1.10. The molecule has 0 bridgehead atoms. The lowest BCUT2D eigenvalue weighted by atomic mass is 10.1. The summed E-state index contributed by atoms with van der Waals surface area (Å²) in [6.07, 6.45) is 0. The smallest absolute Gasteiger partial charge is 0.332 e. The molecule has 0 N–H and O–H groups in total. The van der Waals surface area contributed by atoms with Crippen LogP contribution in [0.15, 0.2) is 38.9 Å². The molecule has 0 aliphatic carbocycles. The molecule has 0 saturated heterocycles. The molecule has 0 spiro atoms. The Hall–Kier alpha value is -2.94. The predicted octanol–water partition coefficient (Wildman–Crippen LogP) is 1.66. The molecule has 0 fully saturated rings. The number of hydrogen-bond donors (Lipinski definition) is 0. The molecule has 0 saturated carbocycles. The molecule has 2 aromatic heterocycles. The number of thioether (sulfide) groups is 1. The first-order valence-corrected chi connectivity index (χ1v) is 9.42. The lowest BCUT2D eigenvalue weighted by Crippen LogP contribution is -2.37. The molecular weight excluding hydrogens is 380 g/mol. The second-order valence-corrected chi connectivity index (χ2v) is 7.68. The number of carbonyl (C=O) groups is 1. The van der Waals surface area contributed by atoms with Gasteiger partial charge in [-0.05, 0) is 19.4 Å². The van der Waals surface area contributed by atoms with Crippen molar-refractivity contribution < 1.29 is 9.53 Å². The average molecular weight is 400 g/mol. The molecule has 3 aromatic rings. The Bertz CT molecular complexity index is 1200. The van der Waals surface area contributed by atoms with Gasteiger partial charge >= 0.3 is 11.7 Å². The maximum absolute atomic E-state index is 12.8. The van der Waals surface area contributed by atoms with Crippen molar-refractivity contribution in [1.29, 1.82) is 0 Å². The maximum atomic E-state index is 12.8. The first-order valence-electron chi connectivity index (χ1n) is 8.54. The molecule has 0 unspecified atom stereocenters. The van der Waals surface area contributed by atoms with E-state index in [1.807, 2.05) is 31.2 Å². The molecule has 0 aliphatic heterocycles. The fraction of sp³-hybridized carbons (Fsp3) is 0.316. The van der Waals surface area contributed by atoms with Gasteiger partial charge in [0.2, 0.25) is 0 Å². The number of esters is 1. The minimum atomic E-state index is -0.588. The topological polar surface area (TPSA) is 96.1 Å². The van der Waals surface area contributed by atoms with E-state index in [4.69, 9.17) is 4.74 Å². The highest BCUT2D eigenvalue weighted by molar-refractivity contribution is 8.00. The van der Waals surface area contributed by atoms with Gasteiger partial charge in [0.1, 0.15) is 15.7 Å². The number of aromatic nitrogens is 4. The summed E-state index contributed by atoms with van der Waals surface area (Å²) < 4.78 is 7.10. The summed E-state index contributed by atoms with van der Waals surface area (Å²) in [6.45, 7) is 3.60. The van der Waals surface area contributed by atoms with Gasteiger partial charge in [0, 0.05) is 19.7 Å². The monoisotopic (exact) mass is 400 g/mol. The van der Waals surface area contributed by atoms with Crippen LogP contribution in [-0.2, 0) is 23.6 Å². The van der Waals surface area contributed by atoms with Crippen molar-refractivity contribution in [3.8, 4) is 11.4 Å². The second kappa shape index (κ2) is 7.59. The van der Waals surface area contributed by atoms with Gasteiger partial charge in [0.05, 0.1) is 7.11 Å². The molecule has 1 aromatic carbocycles. The van der Waals surface area contributed by atoms with Crippen LogP contribution >= 0.6 is 11.8 Å². The Kier molecular flexibility index (Phi) is 5.37. The van der Waals surface area contributed by atoms with E-state index in [1.54, 1.807) is 14.0 Å². The van der Waals surface area contributed by atoms with Gasteiger partial charge in [-0.15, -0.1) is 0 Å². The van der Waals surface area contributed by atoms with Crippen LogP contribution in [0.3, 0.4) is 0 Å². The highest BCUT2D eigenvalue weighted by Gasteiger charge is 2.23. The Morgan fingerprint density at radius 2 is 1.82 bits per heavy atom. The number of methoxy groups -OCH3 is 1. The first-order chi connectivity index (χ1) is 13.3. The normalized spacial score (nSPS) is 12.2. The van der Waals surface area contributed by atoms with Crippen molar-refractivity contribution >= 4 is 28.8 Å². The highest BCUT2D eigenvalue weighted by atomic mass is 32.2. The van der Waals surface area contributed by atoms with Gasteiger partial charge in [-0.25, -0.2) is 14.8 Å². The van der Waals surface area contributed by atoms with E-state index >= 15 is 0 Å². The van der Waals surface area contributed by atoms with Crippen LogP contribution in [0.2, 0.25) is 0 Å². The molecule has 0 amide bonds. The minimum Gasteiger partial charge on any atom is -0.468 e. The number of benzene rings is 1. The van der Waals surface area contributed by atoms with Gasteiger partial charge in [-0.2, -0.15) is 0 Å². The van der Waals surface area contributed by atoms with Crippen molar-refractivity contribution in [1.82, 2.24) is 19.1 Å². The summed E-state index contributed by atoms with van der Waals surface area (Å²) in [5, 5.41) is -0.0604. The number of aryl methyl sites for hydroxylation is 2. The molecule has 146 valence electrons. The fourth-order valence-corrected chi connectivity index (χ4v) is 3.80. The zero-order valence-corrected chi connectivity index (χ0v) is 17.0. The van der Waals surface area contributed by atoms with Gasteiger partial charge in [0.25, 0.3) is 5.56 Å². The number of ether oxygens (including phenoxy) is 1. The van der Waals surface area contributed by atoms with E-state index in [0.29, 0.717) is 10.9 Å². The van der Waals surface area contributed by atoms with E-state index in [-0.39, 0.29) is 11.0 Å². The Morgan fingerprint density at radius 3 is 2.46 bits per heavy atom. The van der Waals surface area contributed by atoms with Crippen molar-refractivity contribution in [3.63, 3.8) is 0 Å². The lowest BCUT2D eigenvalue weighted by molar-refractivity contribution is -0.139. The third-order valence-corrected chi connectivity index (χ3v) is 5.54. The summed E-state index contributed by atoms with van der Waals surface area (Å²) in [6, 6.07) is 7.56. The van der Waals surface area contributed by atoms with E-state index in [1.165, 1.54) is 18.7 Å². The number of carbonyl (C=O) groups excluding carboxylic acids is 1. The maximum Gasteiger partial charge on any atom is 0.332 e. The van der Waals surface area contributed by atoms with Crippen molar-refractivity contribution in [3.05, 3.63) is 50.7 Å². The van der Waals surface area contributed by atoms with E-state index in [2.05, 4.69) is 9.97 Å². The van der Waals surface area contributed by atoms with Crippen molar-refractivity contribution in [2.75, 3.05) is 7.11 Å². The van der Waals surface area contributed by atoms with Crippen LogP contribution < -0.4 is 11.2 Å². The second-order valence-electron chi connectivity index (χ2n) is 6.35. The highest BCUT2D eigenvalue weighted by Crippen LogP contribution is 2.30. The SMILES string of the molecule is COC(=O)[C@@H](C)Sc1nc(-c2ccccc2C)nc2c1c(=O)n(C)c(=O)n2C. The standard InChI is InChI=1S/C19H20N4O4S/c1-10-8-6-7-9-12(10)14-20-15-13(17(24)23(4)19(26)22(15)3)16(21-14)28-11(2)18(25)27-5/h6-9,11H,1-5H3/t11-/m1/s1. The molecule has 0 radical (unpaired) electrons. The predicted molar refractivity (Wildman–Crippen MR) is 108 cm³/mol.